The van der Waals surface area contributed by atoms with Gasteiger partial charge in [-0.05, 0) is 38.7 Å². The molecule has 1 aliphatic carbocycles. The number of para-hydroxylation sites is 1. The Morgan fingerprint density at radius 1 is 1.29 bits per heavy atom. The number of fused-ring (bicyclic) bond motifs is 1. The van der Waals surface area contributed by atoms with Crippen LogP contribution in [0.15, 0.2) is 34.6 Å². The predicted molar refractivity (Wildman–Crippen MR) is 126 cm³/mol. The standard InChI is InChI=1S/C21H25F3N4OS.HI/c1-2-25-19(26-12-18-28-17(13-30-18)21(22,23)24)27-15-11-20(9-5-6-10-20)29-16-8-4-3-7-14(15)16;/h3-4,7-8,13,15H,2,5-6,9-12H2,1H3,(H2,25,26,27);1H. The number of aromatic nitrogens is 1. The van der Waals surface area contributed by atoms with Crippen molar-refractivity contribution in [2.45, 2.75) is 63.4 Å². The summed E-state index contributed by atoms with van der Waals surface area (Å²) in [7, 11) is 0. The third kappa shape index (κ3) is 5.63. The van der Waals surface area contributed by atoms with Crippen molar-refractivity contribution in [2.24, 2.45) is 4.99 Å². The lowest BCUT2D eigenvalue weighted by Gasteiger charge is -2.40. The van der Waals surface area contributed by atoms with Crippen LogP contribution < -0.4 is 15.4 Å². The Labute approximate surface area is 200 Å². The number of hydrogen-bond acceptors (Lipinski definition) is 4. The average molecular weight is 566 g/mol. The predicted octanol–water partition coefficient (Wildman–Crippen LogP) is 5.67. The number of alkyl halides is 3. The first kappa shape index (κ1) is 24.1. The van der Waals surface area contributed by atoms with Crippen LogP contribution in [0, 0.1) is 0 Å². The highest BCUT2D eigenvalue weighted by Gasteiger charge is 2.43. The summed E-state index contributed by atoms with van der Waals surface area (Å²) in [6.07, 6.45) is 0.800. The van der Waals surface area contributed by atoms with Crippen molar-refractivity contribution >= 4 is 41.3 Å². The van der Waals surface area contributed by atoms with Gasteiger partial charge in [-0.1, -0.05) is 18.2 Å². The zero-order chi connectivity index (χ0) is 21.2. The maximum atomic E-state index is 12.8. The monoisotopic (exact) mass is 566 g/mol. The van der Waals surface area contributed by atoms with Gasteiger partial charge in [0.2, 0.25) is 0 Å². The lowest BCUT2D eigenvalue weighted by molar-refractivity contribution is -0.140. The first-order valence-corrected chi connectivity index (χ1v) is 11.1. The topological polar surface area (TPSA) is 58.5 Å². The van der Waals surface area contributed by atoms with Gasteiger partial charge in [-0.3, -0.25) is 0 Å². The molecule has 5 nitrogen and oxygen atoms in total. The van der Waals surface area contributed by atoms with Gasteiger partial charge < -0.3 is 15.4 Å². The molecule has 170 valence electrons. The second kappa shape index (κ2) is 9.93. The normalized spacial score (nSPS) is 20.0. The first-order valence-electron chi connectivity index (χ1n) is 10.2. The average Bonchev–Trinajstić information content (AvgIpc) is 3.36. The lowest BCUT2D eigenvalue weighted by Crippen LogP contribution is -2.46. The van der Waals surface area contributed by atoms with Crippen molar-refractivity contribution in [1.82, 2.24) is 15.6 Å². The summed E-state index contributed by atoms with van der Waals surface area (Å²) in [6, 6.07) is 8.04. The molecule has 1 aliphatic heterocycles. The SMILES string of the molecule is CCNC(=NCc1nc(C(F)(F)F)cs1)NC1CC2(CCCC2)Oc2ccccc21.I. The fourth-order valence-electron chi connectivity index (χ4n) is 4.22. The van der Waals surface area contributed by atoms with Crippen molar-refractivity contribution in [1.29, 1.82) is 0 Å². The summed E-state index contributed by atoms with van der Waals surface area (Å²) in [6.45, 7) is 2.69. The van der Waals surface area contributed by atoms with Crippen LogP contribution in [-0.4, -0.2) is 23.1 Å². The van der Waals surface area contributed by atoms with E-state index >= 15 is 0 Å². The number of hydrogen-bond donors (Lipinski definition) is 2. The molecule has 2 heterocycles. The van der Waals surface area contributed by atoms with Crippen molar-refractivity contribution in [3.8, 4) is 5.75 Å². The minimum atomic E-state index is -4.43. The van der Waals surface area contributed by atoms with Gasteiger partial charge in [0.1, 0.15) is 16.4 Å². The highest BCUT2D eigenvalue weighted by molar-refractivity contribution is 14.0. The van der Waals surface area contributed by atoms with E-state index in [1.165, 1.54) is 0 Å². The summed E-state index contributed by atoms with van der Waals surface area (Å²) in [5.74, 6) is 1.46. The minimum Gasteiger partial charge on any atom is -0.487 e. The van der Waals surface area contributed by atoms with Crippen LogP contribution in [0.1, 0.15) is 61.3 Å². The molecule has 0 amide bonds. The molecule has 1 saturated carbocycles. The highest BCUT2D eigenvalue weighted by atomic mass is 127. The van der Waals surface area contributed by atoms with Crippen LogP contribution in [0.2, 0.25) is 0 Å². The quantitative estimate of drug-likeness (QED) is 0.285. The van der Waals surface area contributed by atoms with Crippen molar-refractivity contribution in [3.63, 3.8) is 0 Å². The Balaban J connectivity index is 0.00000272. The summed E-state index contributed by atoms with van der Waals surface area (Å²) in [4.78, 5) is 8.16. The van der Waals surface area contributed by atoms with Gasteiger partial charge in [0.25, 0.3) is 0 Å². The molecule has 1 fully saturated rings. The van der Waals surface area contributed by atoms with Gasteiger partial charge in [-0.25, -0.2) is 9.98 Å². The Bertz CT molecular complexity index is 912. The molecule has 1 unspecified atom stereocenters. The number of guanidine groups is 1. The van der Waals surface area contributed by atoms with Crippen LogP contribution in [0.3, 0.4) is 0 Å². The van der Waals surface area contributed by atoms with E-state index in [4.69, 9.17) is 4.74 Å². The second-order valence-corrected chi connectivity index (χ2v) is 8.69. The van der Waals surface area contributed by atoms with Gasteiger partial charge in [-0.15, -0.1) is 35.3 Å². The van der Waals surface area contributed by atoms with E-state index < -0.39 is 11.9 Å². The molecule has 1 atom stereocenters. The summed E-state index contributed by atoms with van der Waals surface area (Å²) in [5, 5.41) is 8.05. The summed E-state index contributed by atoms with van der Waals surface area (Å²) in [5.41, 5.74) is 0.0618. The van der Waals surface area contributed by atoms with E-state index in [2.05, 4.69) is 26.7 Å². The van der Waals surface area contributed by atoms with E-state index in [-0.39, 0.29) is 42.2 Å². The van der Waals surface area contributed by atoms with Crippen molar-refractivity contribution in [3.05, 3.63) is 45.9 Å². The number of benzene rings is 1. The van der Waals surface area contributed by atoms with E-state index in [1.807, 2.05) is 25.1 Å². The third-order valence-corrected chi connectivity index (χ3v) is 6.42. The van der Waals surface area contributed by atoms with Gasteiger partial charge in [0, 0.05) is 23.9 Å². The van der Waals surface area contributed by atoms with Crippen LogP contribution in [0.25, 0.3) is 0 Å². The van der Waals surface area contributed by atoms with Crippen LogP contribution in [0.4, 0.5) is 13.2 Å². The summed E-state index contributed by atoms with van der Waals surface area (Å²) >= 11 is 0.973. The molecule has 2 N–H and O–H groups in total. The molecule has 4 rings (SSSR count). The second-order valence-electron chi connectivity index (χ2n) is 7.75. The van der Waals surface area contributed by atoms with Gasteiger partial charge in [-0.2, -0.15) is 13.2 Å². The Kier molecular flexibility index (Phi) is 7.72. The van der Waals surface area contributed by atoms with E-state index in [9.17, 15) is 13.2 Å². The molecule has 1 aromatic carbocycles. The van der Waals surface area contributed by atoms with E-state index in [0.29, 0.717) is 17.5 Å². The third-order valence-electron chi connectivity index (χ3n) is 5.58. The van der Waals surface area contributed by atoms with Crippen LogP contribution in [-0.2, 0) is 12.7 Å². The molecular weight excluding hydrogens is 540 g/mol. The maximum Gasteiger partial charge on any atom is 0.434 e. The Morgan fingerprint density at radius 2 is 2.03 bits per heavy atom. The fourth-order valence-corrected chi connectivity index (χ4v) is 4.94. The van der Waals surface area contributed by atoms with Crippen molar-refractivity contribution < 1.29 is 17.9 Å². The summed E-state index contributed by atoms with van der Waals surface area (Å²) < 4.78 is 44.8. The molecule has 1 spiro atoms. The molecule has 31 heavy (non-hydrogen) atoms. The zero-order valence-electron chi connectivity index (χ0n) is 17.2. The van der Waals surface area contributed by atoms with Crippen LogP contribution in [0.5, 0.6) is 5.75 Å². The number of ether oxygens (including phenoxy) is 1. The van der Waals surface area contributed by atoms with Gasteiger partial charge in [0.15, 0.2) is 11.7 Å². The number of aliphatic imine (C=N–C) groups is 1. The van der Waals surface area contributed by atoms with Crippen molar-refractivity contribution in [2.75, 3.05) is 6.54 Å². The molecule has 2 aromatic rings. The largest absolute Gasteiger partial charge is 0.487 e. The first-order chi connectivity index (χ1) is 14.4. The molecule has 10 heteroatoms. The number of rotatable bonds is 4. The Morgan fingerprint density at radius 3 is 2.71 bits per heavy atom. The number of halogens is 4. The molecule has 1 aromatic heterocycles. The smallest absolute Gasteiger partial charge is 0.434 e. The van der Waals surface area contributed by atoms with E-state index in [0.717, 1.165) is 60.1 Å². The zero-order valence-corrected chi connectivity index (χ0v) is 20.3. The van der Waals surface area contributed by atoms with Gasteiger partial charge in [0.05, 0.1) is 12.6 Å². The molecule has 0 radical (unpaired) electrons. The number of nitrogens with one attached hydrogen (secondary N) is 2. The Hall–Kier alpha value is -1.56. The fraction of sp³-hybridized carbons (Fsp3) is 0.524. The molecule has 2 aliphatic rings. The molecule has 0 bridgehead atoms. The number of nitrogens with zero attached hydrogens (tertiary/aromatic N) is 2. The number of thiazole rings is 1. The lowest BCUT2D eigenvalue weighted by atomic mass is 9.86. The van der Waals surface area contributed by atoms with Crippen LogP contribution >= 0.6 is 35.3 Å². The van der Waals surface area contributed by atoms with Gasteiger partial charge >= 0.3 is 6.18 Å². The highest BCUT2D eigenvalue weighted by Crippen LogP contribution is 2.47. The minimum absolute atomic E-state index is 0. The molecule has 0 saturated heterocycles. The maximum absolute atomic E-state index is 12.8. The molecular formula is C21H26F3IN4OS. The van der Waals surface area contributed by atoms with E-state index in [1.54, 1.807) is 0 Å².